The summed E-state index contributed by atoms with van der Waals surface area (Å²) in [7, 11) is 3.41. The van der Waals surface area contributed by atoms with E-state index in [2.05, 4.69) is 27.5 Å². The van der Waals surface area contributed by atoms with Gasteiger partial charge in [0, 0.05) is 13.7 Å². The minimum absolute atomic E-state index is 0.188. The fourth-order valence-corrected chi connectivity index (χ4v) is 1.94. The Kier molecular flexibility index (Phi) is 3.63. The summed E-state index contributed by atoms with van der Waals surface area (Å²) in [5, 5.41) is 6.32. The number of aromatic nitrogens is 2. The van der Waals surface area contributed by atoms with E-state index >= 15 is 0 Å². The van der Waals surface area contributed by atoms with Crippen LogP contribution in [0.2, 0.25) is 0 Å². The Morgan fingerprint density at radius 2 is 2.18 bits per heavy atom. The molecule has 6 heteroatoms. The summed E-state index contributed by atoms with van der Waals surface area (Å²) >= 11 is 0. The van der Waals surface area contributed by atoms with Gasteiger partial charge in [-0.25, -0.2) is 9.97 Å². The highest BCUT2D eigenvalue weighted by atomic mass is 16.5. The van der Waals surface area contributed by atoms with Gasteiger partial charge >= 0.3 is 0 Å². The second-order valence-corrected chi connectivity index (χ2v) is 3.97. The second kappa shape index (κ2) is 5.18. The summed E-state index contributed by atoms with van der Waals surface area (Å²) < 4.78 is 10.8. The normalized spacial score (nSPS) is 23.5. The van der Waals surface area contributed by atoms with Crippen LogP contribution < -0.4 is 15.4 Å². The third-order valence-corrected chi connectivity index (χ3v) is 2.94. The fourth-order valence-electron chi connectivity index (χ4n) is 1.94. The van der Waals surface area contributed by atoms with E-state index in [0.29, 0.717) is 17.4 Å². The van der Waals surface area contributed by atoms with Crippen LogP contribution in [-0.4, -0.2) is 42.9 Å². The highest BCUT2D eigenvalue weighted by Crippen LogP contribution is 2.30. The van der Waals surface area contributed by atoms with Gasteiger partial charge in [0.25, 0.3) is 0 Å². The van der Waals surface area contributed by atoms with Crippen LogP contribution in [0.15, 0.2) is 6.33 Å². The van der Waals surface area contributed by atoms with Crippen molar-refractivity contribution >= 4 is 11.6 Å². The number of nitrogens with zero attached hydrogens (tertiary/aromatic N) is 2. The molecule has 0 radical (unpaired) electrons. The lowest BCUT2D eigenvalue weighted by Gasteiger charge is -2.19. The molecule has 2 atom stereocenters. The van der Waals surface area contributed by atoms with E-state index in [0.717, 1.165) is 13.0 Å². The van der Waals surface area contributed by atoms with Crippen LogP contribution >= 0.6 is 0 Å². The molecule has 94 valence electrons. The van der Waals surface area contributed by atoms with Gasteiger partial charge in [0.15, 0.2) is 11.6 Å². The van der Waals surface area contributed by atoms with Crippen molar-refractivity contribution < 1.29 is 9.47 Å². The molecule has 2 heterocycles. The zero-order valence-electron chi connectivity index (χ0n) is 10.4. The standard InChI is InChI=1S/C11H18N4O2/c1-7-8(4-5-17-7)15-11-9(16-3)10(12-2)13-6-14-11/h6-8H,4-5H2,1-3H3,(H2,12,13,14,15). The van der Waals surface area contributed by atoms with Crippen LogP contribution in [0.1, 0.15) is 13.3 Å². The van der Waals surface area contributed by atoms with Crippen LogP contribution in [0, 0.1) is 0 Å². The van der Waals surface area contributed by atoms with Gasteiger partial charge in [0.1, 0.15) is 6.33 Å². The summed E-state index contributed by atoms with van der Waals surface area (Å²) in [6.07, 6.45) is 2.67. The van der Waals surface area contributed by atoms with Crippen LogP contribution in [0.3, 0.4) is 0 Å². The van der Waals surface area contributed by atoms with Gasteiger partial charge in [0.05, 0.1) is 19.3 Å². The van der Waals surface area contributed by atoms with Gasteiger partial charge in [-0.2, -0.15) is 0 Å². The molecule has 1 fully saturated rings. The molecule has 1 saturated heterocycles. The Labute approximate surface area is 101 Å². The van der Waals surface area contributed by atoms with Gasteiger partial charge in [0.2, 0.25) is 5.75 Å². The summed E-state index contributed by atoms with van der Waals surface area (Å²) in [5.74, 6) is 2.01. The Bertz CT molecular complexity index is 386. The third kappa shape index (κ3) is 2.41. The zero-order valence-corrected chi connectivity index (χ0v) is 10.4. The van der Waals surface area contributed by atoms with Crippen molar-refractivity contribution in [3.8, 4) is 5.75 Å². The van der Waals surface area contributed by atoms with Crippen molar-refractivity contribution in [1.82, 2.24) is 9.97 Å². The maximum Gasteiger partial charge on any atom is 0.204 e. The molecule has 17 heavy (non-hydrogen) atoms. The molecule has 2 unspecified atom stereocenters. The molecule has 2 rings (SSSR count). The van der Waals surface area contributed by atoms with Crippen LogP contribution in [0.4, 0.5) is 11.6 Å². The molecular formula is C11H18N4O2. The zero-order chi connectivity index (χ0) is 12.3. The van der Waals surface area contributed by atoms with E-state index in [9.17, 15) is 0 Å². The topological polar surface area (TPSA) is 68.3 Å². The SMILES string of the molecule is CNc1ncnc(NC2CCOC2C)c1OC. The first kappa shape index (κ1) is 11.9. The summed E-state index contributed by atoms with van der Waals surface area (Å²) in [4.78, 5) is 8.32. The Balaban J connectivity index is 2.19. The second-order valence-electron chi connectivity index (χ2n) is 3.97. The van der Waals surface area contributed by atoms with E-state index in [4.69, 9.17) is 9.47 Å². The summed E-state index contributed by atoms with van der Waals surface area (Å²) in [5.41, 5.74) is 0. The molecule has 6 nitrogen and oxygen atoms in total. The molecular weight excluding hydrogens is 220 g/mol. The molecule has 0 bridgehead atoms. The van der Waals surface area contributed by atoms with Gasteiger partial charge in [-0.1, -0.05) is 0 Å². The molecule has 2 N–H and O–H groups in total. The number of methoxy groups -OCH3 is 1. The first-order chi connectivity index (χ1) is 8.26. The number of rotatable bonds is 4. The predicted octanol–water partition coefficient (Wildman–Crippen LogP) is 1.12. The van der Waals surface area contributed by atoms with Gasteiger partial charge in [-0.15, -0.1) is 0 Å². The molecule has 1 aliphatic heterocycles. The quantitative estimate of drug-likeness (QED) is 0.819. The minimum atomic E-state index is 0.188. The Hall–Kier alpha value is -1.56. The Morgan fingerprint density at radius 1 is 1.41 bits per heavy atom. The van der Waals surface area contributed by atoms with Crippen molar-refractivity contribution in [3.05, 3.63) is 6.33 Å². The monoisotopic (exact) mass is 238 g/mol. The van der Waals surface area contributed by atoms with Gasteiger partial charge in [-0.3, -0.25) is 0 Å². The lowest BCUT2D eigenvalue weighted by atomic mass is 10.1. The maximum atomic E-state index is 5.51. The van der Waals surface area contributed by atoms with Crippen molar-refractivity contribution in [1.29, 1.82) is 0 Å². The summed E-state index contributed by atoms with van der Waals surface area (Å²) in [6, 6.07) is 0.267. The molecule has 1 aromatic rings. The van der Waals surface area contributed by atoms with E-state index in [1.807, 2.05) is 0 Å². The number of ether oxygens (including phenoxy) is 2. The largest absolute Gasteiger partial charge is 0.490 e. The smallest absolute Gasteiger partial charge is 0.204 e. The van der Waals surface area contributed by atoms with E-state index < -0.39 is 0 Å². The number of hydrogen-bond acceptors (Lipinski definition) is 6. The highest BCUT2D eigenvalue weighted by Gasteiger charge is 2.25. The van der Waals surface area contributed by atoms with Crippen LogP contribution in [-0.2, 0) is 4.74 Å². The average molecular weight is 238 g/mol. The summed E-state index contributed by atoms with van der Waals surface area (Å²) in [6.45, 7) is 2.84. The number of nitrogens with one attached hydrogen (secondary N) is 2. The average Bonchev–Trinajstić information content (AvgIpc) is 2.74. The van der Waals surface area contributed by atoms with Gasteiger partial charge in [-0.05, 0) is 13.3 Å². The number of hydrogen-bond donors (Lipinski definition) is 2. The molecule has 0 saturated carbocycles. The molecule has 0 aromatic carbocycles. The molecule has 1 aliphatic rings. The number of anilines is 2. The minimum Gasteiger partial charge on any atom is -0.490 e. The fraction of sp³-hybridized carbons (Fsp3) is 0.636. The maximum absolute atomic E-state index is 5.51. The van der Waals surface area contributed by atoms with Crippen molar-refractivity contribution in [2.45, 2.75) is 25.5 Å². The molecule has 0 aliphatic carbocycles. The third-order valence-electron chi connectivity index (χ3n) is 2.94. The Morgan fingerprint density at radius 3 is 2.76 bits per heavy atom. The van der Waals surface area contributed by atoms with Crippen molar-refractivity contribution in [2.75, 3.05) is 31.4 Å². The first-order valence-corrected chi connectivity index (χ1v) is 5.71. The van der Waals surface area contributed by atoms with Crippen LogP contribution in [0.5, 0.6) is 5.75 Å². The molecule has 0 amide bonds. The van der Waals surface area contributed by atoms with Crippen molar-refractivity contribution in [3.63, 3.8) is 0 Å². The first-order valence-electron chi connectivity index (χ1n) is 5.71. The van der Waals surface area contributed by atoms with E-state index in [-0.39, 0.29) is 12.1 Å². The predicted molar refractivity (Wildman–Crippen MR) is 65.6 cm³/mol. The lowest BCUT2D eigenvalue weighted by Crippen LogP contribution is -2.27. The highest BCUT2D eigenvalue weighted by molar-refractivity contribution is 5.63. The lowest BCUT2D eigenvalue weighted by molar-refractivity contribution is 0.121. The van der Waals surface area contributed by atoms with Crippen LogP contribution in [0.25, 0.3) is 0 Å². The van der Waals surface area contributed by atoms with Gasteiger partial charge < -0.3 is 20.1 Å². The molecule has 0 spiro atoms. The molecule has 1 aromatic heterocycles. The van der Waals surface area contributed by atoms with E-state index in [1.165, 1.54) is 6.33 Å². The van der Waals surface area contributed by atoms with Crippen molar-refractivity contribution in [2.24, 2.45) is 0 Å². The van der Waals surface area contributed by atoms with E-state index in [1.54, 1.807) is 14.2 Å².